The Kier molecular flexibility index (Phi) is 8.80. The first-order valence-corrected chi connectivity index (χ1v) is 18.6. The third-order valence-electron chi connectivity index (χ3n) is 11.5. The van der Waals surface area contributed by atoms with Crippen molar-refractivity contribution >= 4 is 21.6 Å². The van der Waals surface area contributed by atoms with Crippen LogP contribution < -0.4 is 10.6 Å². The van der Waals surface area contributed by atoms with Crippen molar-refractivity contribution in [1.29, 1.82) is 0 Å². The fourth-order valence-corrected chi connectivity index (χ4v) is 10.7. The highest BCUT2D eigenvalue weighted by Gasteiger charge is 2.54. The SMILES string of the molecule is NC(=O)O[C@H]1CCC[C@@H]1C(CN1CC(O)C1)(c1cccc(F)c1)C1CCN(CC2CN(c3ccc(S(=O)(=O)C4CC4)cc3)C2)CC1. The molecule has 2 aromatic rings. The Morgan fingerprint density at radius 1 is 0.957 bits per heavy atom. The molecule has 3 aliphatic heterocycles. The summed E-state index contributed by atoms with van der Waals surface area (Å²) < 4.78 is 45.7. The first kappa shape index (κ1) is 31.8. The van der Waals surface area contributed by atoms with Gasteiger partial charge in [-0.25, -0.2) is 17.6 Å². The number of hydrogen-bond donors (Lipinski definition) is 2. The quantitative estimate of drug-likeness (QED) is 0.376. The van der Waals surface area contributed by atoms with E-state index in [0.717, 1.165) is 88.9 Å². The summed E-state index contributed by atoms with van der Waals surface area (Å²) in [5.74, 6) is 0.558. The molecule has 0 spiro atoms. The first-order valence-electron chi connectivity index (χ1n) is 17.1. The average Bonchev–Trinajstić information content (AvgIpc) is 3.77. The normalized spacial score (nSPS) is 26.8. The summed E-state index contributed by atoms with van der Waals surface area (Å²) in [6.07, 6.45) is 4.62. The lowest BCUT2D eigenvalue weighted by Gasteiger charge is -2.54. The Morgan fingerprint density at radius 2 is 1.67 bits per heavy atom. The van der Waals surface area contributed by atoms with Crippen molar-refractivity contribution in [1.82, 2.24) is 9.80 Å². The van der Waals surface area contributed by atoms with Crippen LogP contribution in [-0.2, 0) is 20.0 Å². The van der Waals surface area contributed by atoms with E-state index in [1.54, 1.807) is 24.3 Å². The summed E-state index contributed by atoms with van der Waals surface area (Å²) in [6.45, 7) is 6.70. The van der Waals surface area contributed by atoms with Crippen molar-refractivity contribution in [3.05, 3.63) is 59.9 Å². The molecule has 9 nitrogen and oxygen atoms in total. The Bertz CT molecular complexity index is 1500. The van der Waals surface area contributed by atoms with Crippen LogP contribution in [0.4, 0.5) is 14.9 Å². The van der Waals surface area contributed by atoms with Crippen LogP contribution in [0.25, 0.3) is 0 Å². The van der Waals surface area contributed by atoms with E-state index in [0.29, 0.717) is 30.4 Å². The van der Waals surface area contributed by atoms with Gasteiger partial charge >= 0.3 is 6.09 Å². The Labute approximate surface area is 271 Å². The number of aliphatic hydroxyl groups excluding tert-OH is 1. The number of primary amides is 1. The lowest BCUT2D eigenvalue weighted by Crippen LogP contribution is -2.61. The highest BCUT2D eigenvalue weighted by Crippen LogP contribution is 2.52. The molecule has 1 unspecified atom stereocenters. The Morgan fingerprint density at radius 3 is 2.30 bits per heavy atom. The number of nitrogens with zero attached hydrogens (tertiary/aromatic N) is 3. The van der Waals surface area contributed by atoms with E-state index in [1.807, 2.05) is 18.2 Å². The third-order valence-corrected chi connectivity index (χ3v) is 13.7. The number of carbonyl (C=O) groups is 1. The maximum absolute atomic E-state index is 14.9. The van der Waals surface area contributed by atoms with Gasteiger partial charge in [0.1, 0.15) is 11.9 Å². The van der Waals surface area contributed by atoms with E-state index < -0.39 is 21.3 Å². The number of halogens is 1. The molecule has 2 aliphatic carbocycles. The first-order chi connectivity index (χ1) is 22.1. The van der Waals surface area contributed by atoms with Gasteiger partial charge < -0.3 is 25.4 Å². The summed E-state index contributed by atoms with van der Waals surface area (Å²) in [5, 5.41) is 9.97. The minimum Gasteiger partial charge on any atom is -0.446 e. The molecule has 0 radical (unpaired) electrons. The monoisotopic (exact) mass is 654 g/mol. The number of aliphatic hydroxyl groups is 1. The van der Waals surface area contributed by atoms with Gasteiger partial charge in [0, 0.05) is 62.2 Å². The molecule has 0 aromatic heterocycles. The number of β-amino-alcohol motifs (C(OH)–C–C–N with tert-alkyl or cyclic N) is 1. The molecule has 3 heterocycles. The van der Waals surface area contributed by atoms with Crippen LogP contribution in [0, 0.1) is 23.6 Å². The second-order valence-corrected chi connectivity index (χ2v) is 16.7. The fourth-order valence-electron chi connectivity index (χ4n) is 9.02. The van der Waals surface area contributed by atoms with Crippen molar-refractivity contribution in [2.24, 2.45) is 23.5 Å². The summed E-state index contributed by atoms with van der Waals surface area (Å²) in [6, 6.07) is 14.4. The molecule has 11 heteroatoms. The average molecular weight is 655 g/mol. The van der Waals surface area contributed by atoms with Crippen molar-refractivity contribution in [3.63, 3.8) is 0 Å². The number of carbonyl (C=O) groups excluding carboxylic acids is 1. The van der Waals surface area contributed by atoms with Crippen molar-refractivity contribution in [2.75, 3.05) is 57.3 Å². The van der Waals surface area contributed by atoms with Gasteiger partial charge in [-0.15, -0.1) is 0 Å². The lowest BCUT2D eigenvalue weighted by molar-refractivity contribution is -0.0520. The molecule has 250 valence electrons. The minimum atomic E-state index is -3.17. The molecular weight excluding hydrogens is 607 g/mol. The molecule has 5 fully saturated rings. The topological polar surface area (TPSA) is 116 Å². The molecule has 7 rings (SSSR count). The molecule has 0 bridgehead atoms. The van der Waals surface area contributed by atoms with Crippen molar-refractivity contribution < 1.29 is 27.4 Å². The number of rotatable bonds is 11. The van der Waals surface area contributed by atoms with Gasteiger partial charge in [-0.3, -0.25) is 4.90 Å². The van der Waals surface area contributed by atoms with Crippen molar-refractivity contribution in [2.45, 2.75) is 72.7 Å². The van der Waals surface area contributed by atoms with E-state index in [2.05, 4.69) is 14.7 Å². The Hall–Kier alpha value is -2.73. The van der Waals surface area contributed by atoms with E-state index in [1.165, 1.54) is 6.07 Å². The number of piperidine rings is 1. The number of nitrogens with two attached hydrogens (primary N) is 1. The van der Waals surface area contributed by atoms with Gasteiger partial charge in [-0.1, -0.05) is 12.1 Å². The summed E-state index contributed by atoms with van der Waals surface area (Å²) in [4.78, 5) is 19.5. The molecule has 46 heavy (non-hydrogen) atoms. The summed E-state index contributed by atoms with van der Waals surface area (Å²) >= 11 is 0. The number of sulfone groups is 1. The molecule has 2 aromatic carbocycles. The second kappa shape index (κ2) is 12.7. The second-order valence-electron chi connectivity index (χ2n) is 14.5. The molecule has 5 aliphatic rings. The number of benzene rings is 2. The number of hydrogen-bond acceptors (Lipinski definition) is 8. The standard InChI is InChI=1S/C35H47FN4O5S/c36-27-4-1-3-26(17-27)35(23-39-21-29(41)22-39,32-5-2-6-33(32)45-34(37)42)25-13-15-38(16-14-25)18-24-19-40(20-24)28-7-9-30(10-8-28)46(43,44)31-11-12-31/h1,3-4,7-10,17,24-25,29,31-33,41H,2,5-6,11-16,18-23H2,(H2,37,42)/t32-,33-,35?/m0/s1. The number of ether oxygens (including phenoxy) is 1. The van der Waals surface area contributed by atoms with Gasteiger partial charge in [-0.05, 0) is 106 Å². The van der Waals surface area contributed by atoms with Crippen LogP contribution in [0.3, 0.4) is 0 Å². The number of amides is 1. The van der Waals surface area contributed by atoms with Gasteiger partial charge in [0.2, 0.25) is 0 Å². The third kappa shape index (κ3) is 6.28. The zero-order valence-electron chi connectivity index (χ0n) is 26.5. The molecule has 3 atom stereocenters. The Balaban J connectivity index is 1.03. The van der Waals surface area contributed by atoms with Crippen LogP contribution >= 0.6 is 0 Å². The largest absolute Gasteiger partial charge is 0.446 e. The van der Waals surface area contributed by atoms with Crippen LogP contribution in [0.5, 0.6) is 0 Å². The maximum Gasteiger partial charge on any atom is 0.404 e. The molecule has 2 saturated carbocycles. The number of anilines is 1. The van der Waals surface area contributed by atoms with Gasteiger partial charge in [0.15, 0.2) is 9.84 Å². The van der Waals surface area contributed by atoms with Crippen LogP contribution in [0.1, 0.15) is 50.5 Å². The predicted octanol–water partition coefficient (Wildman–Crippen LogP) is 3.79. The zero-order valence-corrected chi connectivity index (χ0v) is 27.3. The molecule has 3 saturated heterocycles. The van der Waals surface area contributed by atoms with E-state index in [-0.39, 0.29) is 35.1 Å². The lowest BCUT2D eigenvalue weighted by atomic mass is 9.58. The highest BCUT2D eigenvalue weighted by atomic mass is 32.2. The molecule has 3 N–H and O–H groups in total. The summed E-state index contributed by atoms with van der Waals surface area (Å²) in [7, 11) is -3.17. The maximum atomic E-state index is 14.9. The predicted molar refractivity (Wildman–Crippen MR) is 174 cm³/mol. The summed E-state index contributed by atoms with van der Waals surface area (Å²) in [5.41, 5.74) is 7.15. The van der Waals surface area contributed by atoms with Gasteiger partial charge in [-0.2, -0.15) is 0 Å². The zero-order chi connectivity index (χ0) is 32.1. The molecule has 1 amide bonds. The van der Waals surface area contributed by atoms with E-state index in [4.69, 9.17) is 10.5 Å². The van der Waals surface area contributed by atoms with Crippen LogP contribution in [0.15, 0.2) is 53.4 Å². The minimum absolute atomic E-state index is 0.0157. The van der Waals surface area contributed by atoms with Gasteiger partial charge in [0.05, 0.1) is 16.2 Å². The highest BCUT2D eigenvalue weighted by molar-refractivity contribution is 7.92. The molecular formula is C35H47FN4O5S. The fraction of sp³-hybridized carbons (Fsp3) is 0.629. The van der Waals surface area contributed by atoms with Crippen LogP contribution in [0.2, 0.25) is 0 Å². The number of likely N-dealkylation sites (tertiary alicyclic amines) is 2. The van der Waals surface area contributed by atoms with Crippen molar-refractivity contribution in [3.8, 4) is 0 Å². The van der Waals surface area contributed by atoms with Crippen LogP contribution in [-0.4, -0.2) is 99.2 Å². The van der Waals surface area contributed by atoms with E-state index >= 15 is 0 Å². The van der Waals surface area contributed by atoms with E-state index in [9.17, 15) is 22.7 Å². The van der Waals surface area contributed by atoms with Gasteiger partial charge in [0.25, 0.3) is 0 Å². The smallest absolute Gasteiger partial charge is 0.404 e.